The van der Waals surface area contributed by atoms with Crippen LogP contribution in [0, 0.1) is 5.92 Å². The minimum atomic E-state index is -2.08. The molecule has 0 spiro atoms. The lowest BCUT2D eigenvalue weighted by Crippen LogP contribution is -2.58. The highest BCUT2D eigenvalue weighted by Crippen LogP contribution is 2.30. The minimum Gasteiger partial charge on any atom is -0.393 e. The Bertz CT molecular complexity index is 660. The fourth-order valence-electron chi connectivity index (χ4n) is 4.42. The molecule has 3 rings (SSSR count). The van der Waals surface area contributed by atoms with E-state index >= 15 is 0 Å². The van der Waals surface area contributed by atoms with E-state index in [1.807, 2.05) is 6.92 Å². The Morgan fingerprint density at radius 1 is 0.962 bits per heavy atom. The SMILES string of the molecule is CC(O)C/C(=C\C1CCCCC1)[Si](C)(c1ccccc1)c1ccccc1. The molecule has 0 heterocycles. The van der Waals surface area contributed by atoms with E-state index in [2.05, 4.69) is 73.3 Å². The number of benzene rings is 2. The molecule has 0 radical (unpaired) electrons. The second-order valence-electron chi connectivity index (χ2n) is 8.00. The average molecular weight is 365 g/mol. The van der Waals surface area contributed by atoms with Gasteiger partial charge in [0.05, 0.1) is 6.10 Å². The molecule has 0 aromatic heterocycles. The minimum absolute atomic E-state index is 0.302. The molecule has 1 N–H and O–H groups in total. The molecule has 0 bridgehead atoms. The highest BCUT2D eigenvalue weighted by atomic mass is 28.3. The van der Waals surface area contributed by atoms with Crippen LogP contribution >= 0.6 is 0 Å². The highest BCUT2D eigenvalue weighted by molar-refractivity contribution is 7.06. The molecule has 2 heteroatoms. The van der Waals surface area contributed by atoms with Gasteiger partial charge in [-0.25, -0.2) is 0 Å². The van der Waals surface area contributed by atoms with E-state index in [4.69, 9.17) is 0 Å². The Morgan fingerprint density at radius 3 is 1.92 bits per heavy atom. The zero-order valence-electron chi connectivity index (χ0n) is 16.2. The van der Waals surface area contributed by atoms with Crippen molar-refractivity contribution >= 4 is 18.4 Å². The van der Waals surface area contributed by atoms with E-state index in [9.17, 15) is 5.11 Å². The van der Waals surface area contributed by atoms with E-state index in [0.29, 0.717) is 5.92 Å². The standard InChI is InChI=1S/C24H32OSi/c1-20(25)18-24(19-21-12-6-3-7-13-21)26(2,22-14-8-4-9-15-22)23-16-10-5-11-17-23/h4-5,8-11,14-17,19-21,25H,3,6-7,12-13,18H2,1-2H3/b24-19+. The van der Waals surface area contributed by atoms with Crippen molar-refractivity contribution in [1.82, 2.24) is 0 Å². The number of rotatable bonds is 6. The lowest BCUT2D eigenvalue weighted by Gasteiger charge is -2.34. The molecule has 1 unspecified atom stereocenters. The van der Waals surface area contributed by atoms with Crippen molar-refractivity contribution in [1.29, 1.82) is 0 Å². The van der Waals surface area contributed by atoms with Gasteiger partial charge in [-0.05, 0) is 42.5 Å². The Kier molecular flexibility index (Phi) is 6.50. The smallest absolute Gasteiger partial charge is 0.141 e. The van der Waals surface area contributed by atoms with E-state index < -0.39 is 8.07 Å². The fourth-order valence-corrected chi connectivity index (χ4v) is 8.49. The summed E-state index contributed by atoms with van der Waals surface area (Å²) < 4.78 is 0. The molecule has 0 amide bonds. The summed E-state index contributed by atoms with van der Waals surface area (Å²) in [6, 6.07) is 22.0. The van der Waals surface area contributed by atoms with Crippen LogP contribution in [0.15, 0.2) is 71.9 Å². The van der Waals surface area contributed by atoms with Gasteiger partial charge in [-0.3, -0.25) is 0 Å². The first kappa shape index (κ1) is 19.1. The third-order valence-corrected chi connectivity index (χ3v) is 10.6. The third-order valence-electron chi connectivity index (χ3n) is 5.95. The molecule has 1 atom stereocenters. The van der Waals surface area contributed by atoms with Crippen LogP contribution < -0.4 is 10.4 Å². The summed E-state index contributed by atoms with van der Waals surface area (Å²) in [6.45, 7) is 4.40. The van der Waals surface area contributed by atoms with Gasteiger partial charge in [0.1, 0.15) is 8.07 Å². The maximum absolute atomic E-state index is 10.3. The average Bonchev–Trinajstić information content (AvgIpc) is 2.69. The molecule has 1 aliphatic rings. The Hall–Kier alpha value is -1.64. The van der Waals surface area contributed by atoms with Gasteiger partial charge in [0.15, 0.2) is 0 Å². The first-order valence-electron chi connectivity index (χ1n) is 10.1. The van der Waals surface area contributed by atoms with Crippen LogP contribution in [0.4, 0.5) is 0 Å². The largest absolute Gasteiger partial charge is 0.393 e. The van der Waals surface area contributed by atoms with Crippen LogP contribution in [0.5, 0.6) is 0 Å². The van der Waals surface area contributed by atoms with Crippen LogP contribution in [0.1, 0.15) is 45.4 Å². The van der Waals surface area contributed by atoms with Crippen molar-refractivity contribution in [2.75, 3.05) is 0 Å². The number of hydrogen-bond acceptors (Lipinski definition) is 1. The van der Waals surface area contributed by atoms with E-state index in [1.54, 1.807) is 0 Å². The molecule has 1 aliphatic carbocycles. The maximum Gasteiger partial charge on any atom is 0.141 e. The molecule has 0 aliphatic heterocycles. The molecule has 2 aromatic carbocycles. The monoisotopic (exact) mass is 364 g/mol. The molecular weight excluding hydrogens is 332 g/mol. The molecule has 138 valence electrons. The van der Waals surface area contributed by atoms with Crippen LogP contribution in [0.3, 0.4) is 0 Å². The number of aliphatic hydroxyl groups excluding tert-OH is 1. The van der Waals surface area contributed by atoms with Crippen LogP contribution in [0.25, 0.3) is 0 Å². The Morgan fingerprint density at radius 2 is 1.46 bits per heavy atom. The van der Waals surface area contributed by atoms with Gasteiger partial charge in [0.25, 0.3) is 0 Å². The lowest BCUT2D eigenvalue weighted by molar-refractivity contribution is 0.196. The summed E-state index contributed by atoms with van der Waals surface area (Å²) in [7, 11) is -2.08. The van der Waals surface area contributed by atoms with Gasteiger partial charge in [-0.15, -0.1) is 0 Å². The predicted molar refractivity (Wildman–Crippen MR) is 115 cm³/mol. The summed E-state index contributed by atoms with van der Waals surface area (Å²) >= 11 is 0. The van der Waals surface area contributed by atoms with E-state index in [-0.39, 0.29) is 6.10 Å². The fraction of sp³-hybridized carbons (Fsp3) is 0.417. The van der Waals surface area contributed by atoms with E-state index in [0.717, 1.165) is 6.42 Å². The van der Waals surface area contributed by atoms with Crippen molar-refractivity contribution in [3.63, 3.8) is 0 Å². The van der Waals surface area contributed by atoms with Gasteiger partial charge in [0, 0.05) is 0 Å². The summed E-state index contributed by atoms with van der Waals surface area (Å²) in [5.41, 5.74) is 0. The van der Waals surface area contributed by atoms with Crippen molar-refractivity contribution in [3.8, 4) is 0 Å². The van der Waals surface area contributed by atoms with Gasteiger partial charge < -0.3 is 5.11 Å². The normalized spacial score (nSPS) is 17.9. The first-order valence-corrected chi connectivity index (χ1v) is 12.6. The lowest BCUT2D eigenvalue weighted by atomic mass is 9.89. The molecular formula is C24H32OSi. The summed E-state index contributed by atoms with van der Waals surface area (Å²) in [5.74, 6) is 0.678. The van der Waals surface area contributed by atoms with Crippen LogP contribution in [-0.2, 0) is 0 Å². The first-order chi connectivity index (χ1) is 12.6. The second-order valence-corrected chi connectivity index (χ2v) is 12.0. The Labute approximate surface area is 159 Å². The molecule has 0 saturated heterocycles. The number of allylic oxidation sites excluding steroid dienone is 1. The predicted octanol–water partition coefficient (Wildman–Crippen LogP) is 4.70. The van der Waals surface area contributed by atoms with Crippen molar-refractivity contribution in [2.45, 2.75) is 58.1 Å². The van der Waals surface area contributed by atoms with Crippen molar-refractivity contribution in [3.05, 3.63) is 71.9 Å². The summed E-state index contributed by atoms with van der Waals surface area (Å²) in [6.07, 6.45) is 9.72. The van der Waals surface area contributed by atoms with Gasteiger partial charge in [-0.2, -0.15) is 0 Å². The van der Waals surface area contributed by atoms with Crippen LogP contribution in [-0.4, -0.2) is 19.3 Å². The van der Waals surface area contributed by atoms with Gasteiger partial charge in [-0.1, -0.05) is 97.7 Å². The molecule has 1 nitrogen and oxygen atoms in total. The molecule has 26 heavy (non-hydrogen) atoms. The maximum atomic E-state index is 10.3. The van der Waals surface area contributed by atoms with Crippen molar-refractivity contribution in [2.24, 2.45) is 5.92 Å². The van der Waals surface area contributed by atoms with E-state index in [1.165, 1.54) is 47.7 Å². The van der Waals surface area contributed by atoms with Gasteiger partial charge >= 0.3 is 0 Å². The zero-order chi connectivity index (χ0) is 18.4. The quantitative estimate of drug-likeness (QED) is 0.737. The van der Waals surface area contributed by atoms with Crippen molar-refractivity contribution < 1.29 is 5.11 Å². The zero-order valence-corrected chi connectivity index (χ0v) is 17.2. The highest BCUT2D eigenvalue weighted by Gasteiger charge is 2.36. The number of hydrogen-bond donors (Lipinski definition) is 1. The summed E-state index contributed by atoms with van der Waals surface area (Å²) in [5, 5.41) is 14.7. The molecule has 1 fully saturated rings. The number of aliphatic hydroxyl groups is 1. The third kappa shape index (κ3) is 4.36. The van der Waals surface area contributed by atoms with Crippen LogP contribution in [0.2, 0.25) is 6.55 Å². The van der Waals surface area contributed by atoms with Gasteiger partial charge in [0.2, 0.25) is 0 Å². The topological polar surface area (TPSA) is 20.2 Å². The second kappa shape index (κ2) is 8.83. The molecule has 2 aromatic rings. The Balaban J connectivity index is 2.11. The summed E-state index contributed by atoms with van der Waals surface area (Å²) in [4.78, 5) is 0. The molecule has 1 saturated carbocycles.